The summed E-state index contributed by atoms with van der Waals surface area (Å²) in [5, 5.41) is 5.31. The molecule has 0 spiro atoms. The molecule has 0 radical (unpaired) electrons. The number of benzene rings is 3. The molecule has 3 aromatic rings. The first kappa shape index (κ1) is 27.6. The van der Waals surface area contributed by atoms with E-state index in [9.17, 15) is 4.79 Å². The topological polar surface area (TPSA) is 47.6 Å². The lowest BCUT2D eigenvalue weighted by Gasteiger charge is -2.31. The zero-order valence-corrected chi connectivity index (χ0v) is 22.7. The van der Waals surface area contributed by atoms with Gasteiger partial charge in [0.1, 0.15) is 0 Å². The van der Waals surface area contributed by atoms with E-state index < -0.39 is 8.56 Å². The molecule has 1 N–H and O–H groups in total. The third-order valence-corrected chi connectivity index (χ3v) is 9.53. The van der Waals surface area contributed by atoms with Crippen LogP contribution in [0.15, 0.2) is 91.5 Å². The summed E-state index contributed by atoms with van der Waals surface area (Å²) in [7, 11) is -2.77. The summed E-state index contributed by atoms with van der Waals surface area (Å²) in [5.41, 5.74) is 2.74. The third kappa shape index (κ3) is 7.75. The van der Waals surface area contributed by atoms with E-state index in [2.05, 4.69) is 67.4 Å². The van der Waals surface area contributed by atoms with E-state index in [1.165, 1.54) is 0 Å². The Morgan fingerprint density at radius 1 is 0.750 bits per heavy atom. The normalized spacial score (nSPS) is 11.3. The molecular weight excluding hydrogens is 462 g/mol. The van der Waals surface area contributed by atoms with Crippen LogP contribution in [0.1, 0.15) is 61.9 Å². The Morgan fingerprint density at radius 2 is 1.28 bits per heavy atom. The van der Waals surface area contributed by atoms with E-state index >= 15 is 0 Å². The van der Waals surface area contributed by atoms with Crippen molar-refractivity contribution in [2.75, 3.05) is 19.8 Å². The highest BCUT2D eigenvalue weighted by atomic mass is 28.4. The second kappa shape index (κ2) is 14.5. The molecule has 0 unspecified atom stereocenters. The molecule has 0 aromatic heterocycles. The van der Waals surface area contributed by atoms with E-state index in [1.807, 2.05) is 43.3 Å². The zero-order chi connectivity index (χ0) is 25.6. The fourth-order valence-corrected chi connectivity index (χ4v) is 7.38. The number of allylic oxidation sites excluding steroid dienone is 1. The Bertz CT molecular complexity index is 1030. The van der Waals surface area contributed by atoms with Crippen molar-refractivity contribution >= 4 is 30.4 Å². The van der Waals surface area contributed by atoms with Crippen LogP contribution in [0.4, 0.5) is 0 Å². The van der Waals surface area contributed by atoms with Gasteiger partial charge in [0.2, 0.25) is 0 Å². The molecular formula is C31H39NO3Si. The number of unbranched alkanes of at least 4 members (excludes halogenated alkanes) is 3. The second-order valence-electron chi connectivity index (χ2n) is 9.07. The summed E-state index contributed by atoms with van der Waals surface area (Å²) < 4.78 is 13.2. The van der Waals surface area contributed by atoms with Gasteiger partial charge in [-0.15, -0.1) is 0 Å². The SMILES string of the molecule is C=C(C)c1ccc(C(=O)NCCCCCCO[Si](OCCC)(c2ccccc2)c2ccccc2)cc1. The Hall–Kier alpha value is -2.99. The van der Waals surface area contributed by atoms with Gasteiger partial charge < -0.3 is 14.2 Å². The minimum atomic E-state index is -2.77. The predicted octanol–water partition coefficient (Wildman–Crippen LogP) is 5.71. The van der Waals surface area contributed by atoms with E-state index in [0.717, 1.165) is 53.6 Å². The van der Waals surface area contributed by atoms with Crippen molar-refractivity contribution in [3.63, 3.8) is 0 Å². The summed E-state index contributed by atoms with van der Waals surface area (Å²) in [6, 6.07) is 28.4. The third-order valence-electron chi connectivity index (χ3n) is 6.12. The molecule has 36 heavy (non-hydrogen) atoms. The van der Waals surface area contributed by atoms with Gasteiger partial charge in [-0.3, -0.25) is 4.79 Å². The molecule has 1 amide bonds. The predicted molar refractivity (Wildman–Crippen MR) is 152 cm³/mol. The van der Waals surface area contributed by atoms with Crippen molar-refractivity contribution in [1.29, 1.82) is 0 Å². The lowest BCUT2D eigenvalue weighted by Crippen LogP contribution is -2.63. The molecule has 3 aromatic carbocycles. The van der Waals surface area contributed by atoms with Gasteiger partial charge in [-0.2, -0.15) is 0 Å². The maximum Gasteiger partial charge on any atom is 0.407 e. The van der Waals surface area contributed by atoms with E-state index in [4.69, 9.17) is 8.85 Å². The number of rotatable bonds is 15. The molecule has 4 nitrogen and oxygen atoms in total. The molecule has 0 saturated carbocycles. The Morgan fingerprint density at radius 3 is 1.83 bits per heavy atom. The van der Waals surface area contributed by atoms with Crippen LogP contribution >= 0.6 is 0 Å². The van der Waals surface area contributed by atoms with Crippen LogP contribution in [-0.4, -0.2) is 34.2 Å². The standard InChI is InChI=1S/C31H39NO3Si/c1-4-24-34-36(29-15-9-7-10-16-29,30-17-11-8-12-18-30)35-25-14-6-5-13-23-32-31(33)28-21-19-27(20-22-28)26(2)3/h7-12,15-22H,2,4-6,13-14,23-25H2,1,3H3,(H,32,33). The molecule has 3 rings (SSSR count). The molecule has 0 atom stereocenters. The van der Waals surface area contributed by atoms with Crippen LogP contribution in [0.3, 0.4) is 0 Å². The number of hydrogen-bond acceptors (Lipinski definition) is 3. The molecule has 0 bridgehead atoms. The summed E-state index contributed by atoms with van der Waals surface area (Å²) in [6.45, 7) is 10.0. The van der Waals surface area contributed by atoms with Crippen LogP contribution in [0, 0.1) is 0 Å². The number of nitrogens with one attached hydrogen (secondary N) is 1. The minimum absolute atomic E-state index is 0.0267. The smallest absolute Gasteiger partial charge is 0.388 e. The quantitative estimate of drug-likeness (QED) is 0.214. The molecule has 0 aliphatic rings. The number of hydrogen-bond donors (Lipinski definition) is 1. The molecule has 190 valence electrons. The maximum absolute atomic E-state index is 12.4. The van der Waals surface area contributed by atoms with Crippen LogP contribution < -0.4 is 15.7 Å². The second-order valence-corrected chi connectivity index (χ2v) is 12.0. The molecule has 5 heteroatoms. The van der Waals surface area contributed by atoms with Gasteiger partial charge in [-0.1, -0.05) is 105 Å². The van der Waals surface area contributed by atoms with Gasteiger partial charge >= 0.3 is 8.56 Å². The molecule has 0 saturated heterocycles. The Labute approximate surface area is 217 Å². The highest BCUT2D eigenvalue weighted by molar-refractivity contribution is 6.92. The Balaban J connectivity index is 1.47. The van der Waals surface area contributed by atoms with Crippen molar-refractivity contribution in [2.45, 2.75) is 46.0 Å². The first-order valence-electron chi connectivity index (χ1n) is 13.0. The summed E-state index contributed by atoms with van der Waals surface area (Å²) in [5.74, 6) is -0.0267. The van der Waals surface area contributed by atoms with E-state index in [-0.39, 0.29) is 5.91 Å². The van der Waals surface area contributed by atoms with Gasteiger partial charge in [0, 0.05) is 25.3 Å². The highest BCUT2D eigenvalue weighted by Gasteiger charge is 2.42. The fraction of sp³-hybridized carbons (Fsp3) is 0.323. The first-order valence-corrected chi connectivity index (χ1v) is 14.8. The van der Waals surface area contributed by atoms with Crippen molar-refractivity contribution in [2.24, 2.45) is 0 Å². The van der Waals surface area contributed by atoms with Gasteiger partial charge in [0.25, 0.3) is 5.91 Å². The average molecular weight is 502 g/mol. The zero-order valence-electron chi connectivity index (χ0n) is 21.7. The van der Waals surface area contributed by atoms with Crippen molar-refractivity contribution < 1.29 is 13.6 Å². The summed E-state index contributed by atoms with van der Waals surface area (Å²) >= 11 is 0. The van der Waals surface area contributed by atoms with Crippen molar-refractivity contribution in [3.05, 3.63) is 103 Å². The van der Waals surface area contributed by atoms with E-state index in [0.29, 0.717) is 25.3 Å². The maximum atomic E-state index is 12.4. The van der Waals surface area contributed by atoms with Crippen molar-refractivity contribution in [1.82, 2.24) is 5.32 Å². The van der Waals surface area contributed by atoms with Gasteiger partial charge in [-0.05, 0) is 54.3 Å². The minimum Gasteiger partial charge on any atom is -0.388 e. The average Bonchev–Trinajstić information content (AvgIpc) is 2.93. The molecule has 0 heterocycles. The number of carbonyl (C=O) groups excluding carboxylic acids is 1. The van der Waals surface area contributed by atoms with Gasteiger partial charge in [0.15, 0.2) is 0 Å². The van der Waals surface area contributed by atoms with Crippen LogP contribution in [0.2, 0.25) is 0 Å². The summed E-state index contributed by atoms with van der Waals surface area (Å²) in [6.07, 6.45) is 4.94. The van der Waals surface area contributed by atoms with Crippen molar-refractivity contribution in [3.8, 4) is 0 Å². The number of amides is 1. The van der Waals surface area contributed by atoms with Gasteiger partial charge in [-0.25, -0.2) is 0 Å². The first-order chi connectivity index (χ1) is 17.6. The molecule has 0 aliphatic carbocycles. The molecule has 0 aliphatic heterocycles. The van der Waals surface area contributed by atoms with Crippen LogP contribution in [0.25, 0.3) is 5.57 Å². The van der Waals surface area contributed by atoms with Gasteiger partial charge in [0.05, 0.1) is 0 Å². The Kier molecular flexibility index (Phi) is 11.1. The summed E-state index contributed by atoms with van der Waals surface area (Å²) in [4.78, 5) is 12.4. The fourth-order valence-electron chi connectivity index (χ4n) is 4.11. The lowest BCUT2D eigenvalue weighted by atomic mass is 10.1. The monoisotopic (exact) mass is 501 g/mol. The largest absolute Gasteiger partial charge is 0.407 e. The molecule has 0 fully saturated rings. The lowest BCUT2D eigenvalue weighted by molar-refractivity contribution is 0.0952. The number of carbonyl (C=O) groups is 1. The van der Waals surface area contributed by atoms with Crippen LogP contribution in [0.5, 0.6) is 0 Å². The highest BCUT2D eigenvalue weighted by Crippen LogP contribution is 2.14. The van der Waals surface area contributed by atoms with Crippen LogP contribution in [-0.2, 0) is 8.85 Å². The van der Waals surface area contributed by atoms with E-state index in [1.54, 1.807) is 0 Å².